The number of ether oxygens (including phenoxy) is 2. The van der Waals surface area contributed by atoms with Crippen LogP contribution in [0.3, 0.4) is 0 Å². The van der Waals surface area contributed by atoms with Crippen LogP contribution in [-0.2, 0) is 0 Å². The molecule has 2 heterocycles. The second kappa shape index (κ2) is 9.93. The summed E-state index contributed by atoms with van der Waals surface area (Å²) in [4.78, 5) is 25.5. The summed E-state index contributed by atoms with van der Waals surface area (Å²) >= 11 is 0. The number of rotatable bonds is 5. The molecule has 3 aromatic carbocycles. The lowest BCUT2D eigenvalue weighted by molar-refractivity contribution is 0.409. The van der Waals surface area contributed by atoms with Crippen molar-refractivity contribution in [3.05, 3.63) is 93.2 Å². The summed E-state index contributed by atoms with van der Waals surface area (Å²) in [6.07, 6.45) is 0. The lowest BCUT2D eigenvalue weighted by Crippen LogP contribution is -2.04. The normalized spacial score (nSPS) is 11.2. The summed E-state index contributed by atoms with van der Waals surface area (Å²) in [5.74, 6) is -0.332. The monoisotopic (exact) mass is 566 g/mol. The zero-order valence-corrected chi connectivity index (χ0v) is 22.2. The summed E-state index contributed by atoms with van der Waals surface area (Å²) in [5, 5.41) is 42.1. The van der Waals surface area contributed by atoms with Crippen LogP contribution in [-0.4, -0.2) is 34.6 Å². The van der Waals surface area contributed by atoms with Crippen molar-refractivity contribution in [1.29, 1.82) is 0 Å². The predicted octanol–water partition coefficient (Wildman–Crippen LogP) is 5.69. The molecule has 0 bridgehead atoms. The molecule has 4 aromatic rings. The van der Waals surface area contributed by atoms with E-state index in [0.717, 1.165) is 6.07 Å². The molecule has 6 rings (SSSR count). The first-order valence-electron chi connectivity index (χ1n) is 12.5. The molecule has 42 heavy (non-hydrogen) atoms. The van der Waals surface area contributed by atoms with E-state index < -0.39 is 10.9 Å². The minimum atomic E-state index is -0.618. The van der Waals surface area contributed by atoms with E-state index in [0.29, 0.717) is 16.9 Å². The molecule has 210 valence electrons. The third-order valence-corrected chi connectivity index (χ3v) is 6.88. The smallest absolute Gasteiger partial charge is 0.197 e. The Balaban J connectivity index is 1.61. The first kappa shape index (κ1) is 26.3. The van der Waals surface area contributed by atoms with Gasteiger partial charge in [-0.3, -0.25) is 9.59 Å². The predicted molar refractivity (Wildman–Crippen MR) is 154 cm³/mol. The van der Waals surface area contributed by atoms with E-state index in [1.165, 1.54) is 56.7 Å². The van der Waals surface area contributed by atoms with E-state index in [1.54, 1.807) is 24.3 Å². The zero-order chi connectivity index (χ0) is 29.7. The van der Waals surface area contributed by atoms with Crippen molar-refractivity contribution in [2.24, 2.45) is 0 Å². The molecule has 0 atom stereocenters. The van der Waals surface area contributed by atoms with Gasteiger partial charge in [0.25, 0.3) is 0 Å². The number of phenolic OH excluding ortho intramolecular Hbond substituents is 3. The number of hydrogen-bond acceptors (Lipinski definition) is 10. The first-order valence-corrected chi connectivity index (χ1v) is 12.5. The standard InChI is InChI=1S/C32H22O10/c1-39-18-6-3-15(4-7-18)25-13-23(37)31-24(38)14-27(40-2)29(32(31)42-25)19-9-16(5-8-20(19)34)26-12-22(36)30-21(35)10-17(33)11-28(30)41-26/h3-14,33-34,36,38H,1-2H3. The van der Waals surface area contributed by atoms with Gasteiger partial charge in [0.2, 0.25) is 0 Å². The van der Waals surface area contributed by atoms with E-state index in [1.807, 2.05) is 0 Å². The Morgan fingerprint density at radius 3 is 2.02 bits per heavy atom. The minimum Gasteiger partial charge on any atom is -0.508 e. The molecule has 0 unspecified atom stereocenters. The third kappa shape index (κ3) is 4.31. The van der Waals surface area contributed by atoms with Crippen LogP contribution in [0, 0.1) is 0 Å². The van der Waals surface area contributed by atoms with E-state index in [4.69, 9.17) is 18.3 Å². The molecule has 1 aromatic heterocycles. The summed E-state index contributed by atoms with van der Waals surface area (Å²) in [6.45, 7) is 0. The molecule has 0 fully saturated rings. The molecule has 4 N–H and O–H groups in total. The number of methoxy groups -OCH3 is 2. The van der Waals surface area contributed by atoms with Gasteiger partial charge in [-0.2, -0.15) is 0 Å². The minimum absolute atomic E-state index is 0.0446. The van der Waals surface area contributed by atoms with Gasteiger partial charge in [-0.15, -0.1) is 0 Å². The SMILES string of the molecule is COc1ccc(-c2cc(=O)c3c(O)cc(OC)c(-c4cc(-c5cc(O)c6c(=O)cc(O)cc-6o5)ccc4O)c3o2)cc1. The molecule has 0 amide bonds. The molecule has 0 spiro atoms. The van der Waals surface area contributed by atoms with Crippen molar-refractivity contribution in [3.8, 4) is 79.6 Å². The number of phenols is 3. The molecular formula is C32H22O10. The van der Waals surface area contributed by atoms with Crippen LogP contribution < -0.4 is 20.3 Å². The topological polar surface area (TPSA) is 160 Å². The number of aromatic hydroxyl groups is 4. The van der Waals surface area contributed by atoms with Gasteiger partial charge in [-0.1, -0.05) is 0 Å². The summed E-state index contributed by atoms with van der Waals surface area (Å²) in [6, 6.07) is 17.1. The first-order chi connectivity index (χ1) is 20.2. The Bertz CT molecular complexity index is 2090. The average Bonchev–Trinajstić information content (AvgIpc) is 2.96. The fourth-order valence-electron chi connectivity index (χ4n) is 4.89. The van der Waals surface area contributed by atoms with Gasteiger partial charge < -0.3 is 38.7 Å². The quantitative estimate of drug-likeness (QED) is 0.204. The molecular weight excluding hydrogens is 544 g/mol. The van der Waals surface area contributed by atoms with E-state index >= 15 is 0 Å². The maximum Gasteiger partial charge on any atom is 0.197 e. The fraction of sp³-hybridized carbons (Fsp3) is 0.0625. The van der Waals surface area contributed by atoms with Crippen LogP contribution in [0.2, 0.25) is 0 Å². The van der Waals surface area contributed by atoms with E-state index in [9.17, 15) is 30.0 Å². The molecule has 1 aliphatic heterocycles. The maximum atomic E-state index is 13.3. The van der Waals surface area contributed by atoms with Gasteiger partial charge in [0.1, 0.15) is 62.7 Å². The Labute approximate surface area is 236 Å². The summed E-state index contributed by atoms with van der Waals surface area (Å²) < 4.78 is 22.8. The molecule has 10 heteroatoms. The highest BCUT2D eigenvalue weighted by Gasteiger charge is 2.24. The van der Waals surface area contributed by atoms with Gasteiger partial charge in [-0.25, -0.2) is 0 Å². The summed E-state index contributed by atoms with van der Waals surface area (Å²) in [7, 11) is 2.89. The van der Waals surface area contributed by atoms with Crippen LogP contribution in [0.25, 0.3) is 56.1 Å². The van der Waals surface area contributed by atoms with Crippen LogP contribution in [0.4, 0.5) is 0 Å². The summed E-state index contributed by atoms with van der Waals surface area (Å²) in [5.41, 5.74) is -0.0539. The van der Waals surface area contributed by atoms with Crippen LogP contribution in [0.5, 0.6) is 34.5 Å². The second-order valence-corrected chi connectivity index (χ2v) is 9.43. The largest absolute Gasteiger partial charge is 0.508 e. The Morgan fingerprint density at radius 1 is 0.595 bits per heavy atom. The fourth-order valence-corrected chi connectivity index (χ4v) is 4.89. The second-order valence-electron chi connectivity index (χ2n) is 9.43. The van der Waals surface area contributed by atoms with Crippen molar-refractivity contribution >= 4 is 11.0 Å². The van der Waals surface area contributed by atoms with Crippen molar-refractivity contribution in [2.75, 3.05) is 14.2 Å². The Morgan fingerprint density at radius 2 is 1.31 bits per heavy atom. The van der Waals surface area contributed by atoms with Gasteiger partial charge >= 0.3 is 0 Å². The molecule has 2 aliphatic rings. The number of fused-ring (bicyclic) bond motifs is 2. The third-order valence-electron chi connectivity index (χ3n) is 6.88. The average molecular weight is 567 g/mol. The van der Waals surface area contributed by atoms with E-state index in [-0.39, 0.29) is 73.7 Å². The van der Waals surface area contributed by atoms with Crippen LogP contribution in [0.1, 0.15) is 0 Å². The molecule has 10 nitrogen and oxygen atoms in total. The van der Waals surface area contributed by atoms with Crippen molar-refractivity contribution in [3.63, 3.8) is 0 Å². The van der Waals surface area contributed by atoms with Crippen LogP contribution in [0.15, 0.2) is 91.2 Å². The molecule has 1 aliphatic carbocycles. The van der Waals surface area contributed by atoms with Crippen molar-refractivity contribution in [2.45, 2.75) is 0 Å². The molecule has 0 saturated carbocycles. The highest BCUT2D eigenvalue weighted by Crippen LogP contribution is 2.46. The van der Waals surface area contributed by atoms with Crippen LogP contribution >= 0.6 is 0 Å². The lowest BCUT2D eigenvalue weighted by atomic mass is 9.96. The van der Waals surface area contributed by atoms with Gasteiger partial charge in [-0.05, 0) is 42.5 Å². The lowest BCUT2D eigenvalue weighted by Gasteiger charge is -2.16. The highest BCUT2D eigenvalue weighted by atomic mass is 16.5. The molecule has 0 saturated heterocycles. The molecule has 0 radical (unpaired) electrons. The van der Waals surface area contributed by atoms with Crippen molar-refractivity contribution in [1.82, 2.24) is 0 Å². The Kier molecular flexibility index (Phi) is 6.23. The van der Waals surface area contributed by atoms with Gasteiger partial charge in [0.05, 0.1) is 19.8 Å². The van der Waals surface area contributed by atoms with E-state index in [2.05, 4.69) is 0 Å². The Hall–Kier alpha value is -5.90. The van der Waals surface area contributed by atoms with Gasteiger partial charge in [0.15, 0.2) is 16.4 Å². The highest BCUT2D eigenvalue weighted by molar-refractivity contribution is 6.01. The zero-order valence-electron chi connectivity index (χ0n) is 22.2. The number of benzene rings is 4. The maximum absolute atomic E-state index is 13.3. The number of hydrogen-bond donors (Lipinski definition) is 4. The van der Waals surface area contributed by atoms with Gasteiger partial charge in [0, 0.05) is 47.0 Å². The van der Waals surface area contributed by atoms with Crippen molar-refractivity contribution < 1.29 is 38.7 Å².